The average Bonchev–Trinajstić information content (AvgIpc) is 3.04. The Balaban J connectivity index is 1.70. The van der Waals surface area contributed by atoms with Gasteiger partial charge in [0.25, 0.3) is 0 Å². The molecule has 1 heterocycles. The molecule has 240 valence electrons. The molecule has 2 N–H and O–H groups in total. The van der Waals surface area contributed by atoms with Gasteiger partial charge in [-0.25, -0.2) is 4.57 Å². The predicted octanol–water partition coefficient (Wildman–Crippen LogP) is 6.60. The molecule has 1 fully saturated rings. The standard InChI is InChI=1S/C33H45O9PSi/c1-4-44(5-2,6-3)42-32-31(39-24-28-20-14-9-15-21-28)30(38-23-27-18-12-8-13-19-27)29(40-33(32)41-43(34,35)36)25-37-22-26-16-10-7-11-17-26/h7-21,29-33H,4-6,22-25H2,1-3H3,(H2,34,35,36)/t29-,30-,31+,32-,33+/m1/s1. The zero-order valence-corrected chi connectivity index (χ0v) is 27.6. The number of rotatable bonds is 17. The van der Waals surface area contributed by atoms with Gasteiger partial charge in [0.15, 0.2) is 14.6 Å². The average molecular weight is 645 g/mol. The van der Waals surface area contributed by atoms with Crippen LogP contribution in [0.15, 0.2) is 91.0 Å². The van der Waals surface area contributed by atoms with E-state index in [1.54, 1.807) is 0 Å². The van der Waals surface area contributed by atoms with Gasteiger partial charge in [0.2, 0.25) is 0 Å². The Labute approximate surface area is 261 Å². The molecule has 0 unspecified atom stereocenters. The van der Waals surface area contributed by atoms with Crippen LogP contribution in [0.2, 0.25) is 18.1 Å². The van der Waals surface area contributed by atoms with Gasteiger partial charge in [-0.1, -0.05) is 112 Å². The van der Waals surface area contributed by atoms with Crippen molar-refractivity contribution in [1.29, 1.82) is 0 Å². The lowest BCUT2D eigenvalue weighted by atomic mass is 9.98. The molecule has 44 heavy (non-hydrogen) atoms. The van der Waals surface area contributed by atoms with Crippen LogP contribution in [0.1, 0.15) is 37.5 Å². The van der Waals surface area contributed by atoms with Crippen LogP contribution in [0.3, 0.4) is 0 Å². The summed E-state index contributed by atoms with van der Waals surface area (Å²) in [5, 5.41) is 0. The second kappa shape index (κ2) is 16.9. The third-order valence-corrected chi connectivity index (χ3v) is 13.2. The minimum Gasteiger partial charge on any atom is -0.406 e. The lowest BCUT2D eigenvalue weighted by Gasteiger charge is -2.48. The molecule has 0 radical (unpaired) electrons. The van der Waals surface area contributed by atoms with Crippen molar-refractivity contribution in [3.05, 3.63) is 108 Å². The number of hydrogen-bond acceptors (Lipinski definition) is 7. The van der Waals surface area contributed by atoms with Gasteiger partial charge in [-0.05, 0) is 34.8 Å². The summed E-state index contributed by atoms with van der Waals surface area (Å²) in [6, 6.07) is 31.7. The van der Waals surface area contributed by atoms with Gasteiger partial charge in [0, 0.05) is 0 Å². The minimum atomic E-state index is -4.98. The SMILES string of the molecule is CC[Si](CC)(CC)O[C@H]1[C@H](OP(=O)(O)O)O[C@H](COCc2ccccc2)[C@@H](OCc2ccccc2)[C@@H]1OCc1ccccc1. The molecule has 3 aromatic rings. The first-order chi connectivity index (χ1) is 21.3. The lowest BCUT2D eigenvalue weighted by molar-refractivity contribution is -0.298. The highest BCUT2D eigenvalue weighted by atomic mass is 31.2. The highest BCUT2D eigenvalue weighted by molar-refractivity contribution is 7.46. The van der Waals surface area contributed by atoms with Gasteiger partial charge >= 0.3 is 7.82 Å². The number of phosphoric ester groups is 1. The number of phosphoric acid groups is 1. The Kier molecular flexibility index (Phi) is 13.3. The number of benzene rings is 3. The van der Waals surface area contributed by atoms with Gasteiger partial charge in [0.05, 0.1) is 26.4 Å². The molecule has 11 heteroatoms. The molecule has 5 atom stereocenters. The molecule has 1 aliphatic rings. The molecule has 1 saturated heterocycles. The van der Waals surface area contributed by atoms with E-state index >= 15 is 0 Å². The van der Waals surface area contributed by atoms with E-state index in [0.29, 0.717) is 6.61 Å². The molecule has 9 nitrogen and oxygen atoms in total. The normalized spacial score (nSPS) is 22.6. The first kappa shape index (κ1) is 34.7. The zero-order chi connectivity index (χ0) is 31.4. The van der Waals surface area contributed by atoms with E-state index in [2.05, 4.69) is 20.8 Å². The maximum Gasteiger partial charge on any atom is 0.472 e. The Bertz CT molecular complexity index is 1270. The van der Waals surface area contributed by atoms with Crippen molar-refractivity contribution in [1.82, 2.24) is 0 Å². The van der Waals surface area contributed by atoms with Crippen LogP contribution in [-0.2, 0) is 52.3 Å². The lowest BCUT2D eigenvalue weighted by Crippen LogP contribution is -2.63. The molecular formula is C33H45O9PSi. The van der Waals surface area contributed by atoms with Crippen LogP contribution >= 0.6 is 7.82 Å². The third-order valence-electron chi connectivity index (χ3n) is 8.12. The first-order valence-corrected chi connectivity index (χ1v) is 19.3. The van der Waals surface area contributed by atoms with Crippen LogP contribution in [0, 0.1) is 0 Å². The summed E-state index contributed by atoms with van der Waals surface area (Å²) < 4.78 is 50.0. The van der Waals surface area contributed by atoms with Gasteiger partial charge in [0.1, 0.15) is 24.4 Å². The second-order valence-electron chi connectivity index (χ2n) is 11.0. The van der Waals surface area contributed by atoms with E-state index < -0.39 is 46.8 Å². The van der Waals surface area contributed by atoms with Crippen LogP contribution in [0.5, 0.6) is 0 Å². The van der Waals surface area contributed by atoms with Crippen molar-refractivity contribution >= 4 is 16.1 Å². The summed E-state index contributed by atoms with van der Waals surface area (Å²) >= 11 is 0. The smallest absolute Gasteiger partial charge is 0.406 e. The fourth-order valence-electron chi connectivity index (χ4n) is 5.44. The summed E-state index contributed by atoms with van der Waals surface area (Å²) in [5.41, 5.74) is 2.88. The Morgan fingerprint density at radius 2 is 1.14 bits per heavy atom. The molecule has 0 amide bonds. The molecule has 0 aromatic heterocycles. The first-order valence-electron chi connectivity index (χ1n) is 15.3. The monoisotopic (exact) mass is 644 g/mol. The summed E-state index contributed by atoms with van der Waals surface area (Å²) in [6.45, 7) is 7.16. The molecule has 0 aliphatic carbocycles. The molecule has 3 aromatic carbocycles. The minimum absolute atomic E-state index is 0.0746. The van der Waals surface area contributed by atoms with E-state index in [1.807, 2.05) is 91.0 Å². The van der Waals surface area contributed by atoms with E-state index in [4.69, 9.17) is 27.9 Å². The number of ether oxygens (including phenoxy) is 4. The summed E-state index contributed by atoms with van der Waals surface area (Å²) in [6.07, 6.45) is -4.63. The van der Waals surface area contributed by atoms with Crippen LogP contribution in [0.4, 0.5) is 0 Å². The Morgan fingerprint density at radius 1 is 0.682 bits per heavy atom. The third kappa shape index (κ3) is 10.2. The van der Waals surface area contributed by atoms with Gasteiger partial charge < -0.3 is 33.2 Å². The van der Waals surface area contributed by atoms with E-state index in [1.165, 1.54) is 0 Å². The maximum atomic E-state index is 12.2. The predicted molar refractivity (Wildman–Crippen MR) is 170 cm³/mol. The Morgan fingerprint density at radius 3 is 1.59 bits per heavy atom. The zero-order valence-electron chi connectivity index (χ0n) is 25.7. The molecule has 4 rings (SSSR count). The van der Waals surface area contributed by atoms with Crippen molar-refractivity contribution in [2.45, 2.75) is 89.4 Å². The summed E-state index contributed by atoms with van der Waals surface area (Å²) in [5.74, 6) is 0. The molecular weight excluding hydrogens is 599 g/mol. The van der Waals surface area contributed by atoms with Gasteiger partial charge in [-0.3, -0.25) is 4.52 Å². The summed E-state index contributed by atoms with van der Waals surface area (Å²) in [7, 11) is -7.34. The highest BCUT2D eigenvalue weighted by Gasteiger charge is 2.52. The highest BCUT2D eigenvalue weighted by Crippen LogP contribution is 2.43. The van der Waals surface area contributed by atoms with E-state index in [9.17, 15) is 14.4 Å². The summed E-state index contributed by atoms with van der Waals surface area (Å²) in [4.78, 5) is 19.9. The second-order valence-corrected chi connectivity index (χ2v) is 16.9. The molecule has 0 saturated carbocycles. The van der Waals surface area contributed by atoms with Crippen molar-refractivity contribution in [2.24, 2.45) is 0 Å². The fraction of sp³-hybridized carbons (Fsp3) is 0.455. The molecule has 0 spiro atoms. The van der Waals surface area contributed by atoms with Crippen molar-refractivity contribution < 1.29 is 42.2 Å². The largest absolute Gasteiger partial charge is 0.472 e. The maximum absolute atomic E-state index is 12.2. The number of hydrogen-bond donors (Lipinski definition) is 2. The molecule has 1 aliphatic heterocycles. The van der Waals surface area contributed by atoms with Crippen LogP contribution in [-0.4, -0.2) is 55.4 Å². The fourth-order valence-corrected chi connectivity index (χ4v) is 8.70. The van der Waals surface area contributed by atoms with Crippen molar-refractivity contribution in [2.75, 3.05) is 6.61 Å². The topological polar surface area (TPSA) is 113 Å². The van der Waals surface area contributed by atoms with Crippen molar-refractivity contribution in [3.8, 4) is 0 Å². The van der Waals surface area contributed by atoms with E-state index in [0.717, 1.165) is 34.8 Å². The van der Waals surface area contributed by atoms with Crippen LogP contribution < -0.4 is 0 Å². The molecule has 0 bridgehead atoms. The Hall–Kier alpha value is -2.21. The van der Waals surface area contributed by atoms with Crippen LogP contribution in [0.25, 0.3) is 0 Å². The van der Waals surface area contributed by atoms with E-state index in [-0.39, 0.29) is 19.8 Å². The van der Waals surface area contributed by atoms with Gasteiger partial charge in [-0.2, -0.15) is 0 Å². The van der Waals surface area contributed by atoms with Gasteiger partial charge in [-0.15, -0.1) is 0 Å². The van der Waals surface area contributed by atoms with Crippen molar-refractivity contribution in [3.63, 3.8) is 0 Å². The quantitative estimate of drug-likeness (QED) is 0.124.